The van der Waals surface area contributed by atoms with Crippen molar-refractivity contribution < 1.29 is 19.1 Å². The molecule has 1 N–H and O–H groups in total. The second kappa shape index (κ2) is 13.5. The number of ether oxygens (including phenoxy) is 2. The molecule has 4 aromatic rings. The molecule has 0 bridgehead atoms. The molecule has 1 saturated heterocycles. The van der Waals surface area contributed by atoms with Crippen LogP contribution in [0.25, 0.3) is 6.08 Å². The topological polar surface area (TPSA) is 71.1 Å². The number of hydrogen-bond donors (Lipinski definition) is 1. The average molecular weight is 562 g/mol. The molecule has 0 aromatic heterocycles. The molecule has 0 radical (unpaired) electrons. The maximum Gasteiger partial charge on any atom is 0.341 e. The van der Waals surface area contributed by atoms with Gasteiger partial charge < -0.3 is 24.6 Å². The zero-order valence-electron chi connectivity index (χ0n) is 23.9. The van der Waals surface area contributed by atoms with E-state index < -0.39 is 12.1 Å². The van der Waals surface area contributed by atoms with Gasteiger partial charge in [0.1, 0.15) is 17.4 Å². The quantitative estimate of drug-likeness (QED) is 0.238. The fraction of sp³-hybridized carbons (Fsp3) is 0.200. The summed E-state index contributed by atoms with van der Waals surface area (Å²) in [5, 5.41) is 2.95. The summed E-state index contributed by atoms with van der Waals surface area (Å²) < 4.78 is 11.5. The van der Waals surface area contributed by atoms with E-state index in [0.29, 0.717) is 24.5 Å². The van der Waals surface area contributed by atoms with Crippen LogP contribution < -0.4 is 10.1 Å². The molecular weight excluding hydrogens is 526 g/mol. The van der Waals surface area contributed by atoms with Crippen molar-refractivity contribution in [3.8, 4) is 5.75 Å². The van der Waals surface area contributed by atoms with Crippen LogP contribution >= 0.6 is 0 Å². The third-order valence-electron chi connectivity index (χ3n) is 7.33. The summed E-state index contributed by atoms with van der Waals surface area (Å²) >= 11 is 0. The van der Waals surface area contributed by atoms with Crippen molar-refractivity contribution in [2.24, 2.45) is 0 Å². The molecule has 0 unspecified atom stereocenters. The highest BCUT2D eigenvalue weighted by Crippen LogP contribution is 2.32. The summed E-state index contributed by atoms with van der Waals surface area (Å²) in [4.78, 5) is 30.0. The normalized spacial score (nSPS) is 13.5. The Morgan fingerprint density at radius 2 is 1.31 bits per heavy atom. The number of urea groups is 1. The highest BCUT2D eigenvalue weighted by atomic mass is 16.5. The van der Waals surface area contributed by atoms with Gasteiger partial charge in [0.2, 0.25) is 0 Å². The van der Waals surface area contributed by atoms with Gasteiger partial charge in [-0.05, 0) is 47.9 Å². The second-order valence-electron chi connectivity index (χ2n) is 10.1. The Morgan fingerprint density at radius 3 is 1.88 bits per heavy atom. The number of amides is 2. The standard InChI is InChI=1S/C35H35N3O4/c1-26(24-27-12-6-3-7-13-27)37-20-22-38(23-21-37)35(40)36-30-18-19-32(31(25-30)34(39)41-2)42-33(28-14-8-4-9-15-28)29-16-10-5-11-17-29/h3-19,24-25,33H,20-23H2,1-2H3,(H,36,40)/b26-24+. The van der Waals surface area contributed by atoms with Gasteiger partial charge >= 0.3 is 12.0 Å². The lowest BCUT2D eigenvalue weighted by Crippen LogP contribution is -2.49. The van der Waals surface area contributed by atoms with Crippen LogP contribution in [0.3, 0.4) is 0 Å². The van der Waals surface area contributed by atoms with Crippen LogP contribution in [0.4, 0.5) is 10.5 Å². The fourth-order valence-electron chi connectivity index (χ4n) is 5.04. The Morgan fingerprint density at radius 1 is 0.762 bits per heavy atom. The number of anilines is 1. The molecule has 0 aliphatic carbocycles. The number of nitrogens with one attached hydrogen (secondary N) is 1. The van der Waals surface area contributed by atoms with Crippen molar-refractivity contribution in [1.29, 1.82) is 0 Å². The molecule has 2 amide bonds. The fourth-order valence-corrected chi connectivity index (χ4v) is 5.04. The first-order valence-corrected chi connectivity index (χ1v) is 14.0. The van der Waals surface area contributed by atoms with Gasteiger partial charge in [-0.15, -0.1) is 0 Å². The maximum atomic E-state index is 13.2. The van der Waals surface area contributed by atoms with Crippen LogP contribution in [0.1, 0.15) is 40.1 Å². The van der Waals surface area contributed by atoms with E-state index >= 15 is 0 Å². The average Bonchev–Trinajstić information content (AvgIpc) is 3.05. The van der Waals surface area contributed by atoms with Crippen LogP contribution in [0.15, 0.2) is 115 Å². The Balaban J connectivity index is 1.28. The van der Waals surface area contributed by atoms with Gasteiger partial charge in [0, 0.05) is 37.6 Å². The molecule has 4 aromatic carbocycles. The largest absolute Gasteiger partial charge is 0.480 e. The summed E-state index contributed by atoms with van der Waals surface area (Å²) in [5.74, 6) is -0.179. The summed E-state index contributed by atoms with van der Waals surface area (Å²) in [6.07, 6.45) is 1.72. The summed E-state index contributed by atoms with van der Waals surface area (Å²) in [6.45, 7) is 4.76. The van der Waals surface area contributed by atoms with Crippen molar-refractivity contribution in [3.05, 3.63) is 137 Å². The first-order chi connectivity index (χ1) is 20.5. The molecule has 7 nitrogen and oxygen atoms in total. The molecule has 7 heteroatoms. The van der Waals surface area contributed by atoms with E-state index in [2.05, 4.69) is 35.3 Å². The lowest BCUT2D eigenvalue weighted by Gasteiger charge is -2.36. The number of allylic oxidation sites excluding steroid dienone is 1. The van der Waals surface area contributed by atoms with Gasteiger partial charge in [0.15, 0.2) is 0 Å². The second-order valence-corrected chi connectivity index (χ2v) is 10.1. The number of rotatable bonds is 8. The number of hydrogen-bond acceptors (Lipinski definition) is 5. The number of carbonyl (C=O) groups excluding carboxylic acids is 2. The van der Waals surface area contributed by atoms with Crippen molar-refractivity contribution in [3.63, 3.8) is 0 Å². The van der Waals surface area contributed by atoms with Crippen LogP contribution in [-0.4, -0.2) is 55.1 Å². The summed E-state index contributed by atoms with van der Waals surface area (Å²) in [7, 11) is 1.33. The SMILES string of the molecule is COC(=O)c1cc(NC(=O)N2CCN(/C(C)=C/c3ccccc3)CC2)ccc1OC(c1ccccc1)c1ccccc1. The molecule has 0 atom stereocenters. The van der Waals surface area contributed by atoms with E-state index in [9.17, 15) is 9.59 Å². The number of carbonyl (C=O) groups is 2. The van der Waals surface area contributed by atoms with Crippen molar-refractivity contribution in [2.45, 2.75) is 13.0 Å². The van der Waals surface area contributed by atoms with Gasteiger partial charge in [-0.25, -0.2) is 9.59 Å². The minimum atomic E-state index is -0.546. The molecule has 5 rings (SSSR count). The summed E-state index contributed by atoms with van der Waals surface area (Å²) in [5.41, 5.74) is 4.95. The molecular formula is C35H35N3O4. The number of nitrogens with zero attached hydrogens (tertiary/aromatic N) is 2. The van der Waals surface area contributed by atoms with Crippen LogP contribution in [0, 0.1) is 0 Å². The zero-order valence-corrected chi connectivity index (χ0v) is 23.9. The molecule has 1 fully saturated rings. The maximum absolute atomic E-state index is 13.2. The Hall–Kier alpha value is -5.04. The smallest absolute Gasteiger partial charge is 0.341 e. The Labute approximate surface area is 247 Å². The molecule has 214 valence electrons. The van der Waals surface area contributed by atoms with Gasteiger partial charge in [0.05, 0.1) is 7.11 Å². The molecule has 1 aliphatic heterocycles. The van der Waals surface area contributed by atoms with E-state index in [1.165, 1.54) is 12.8 Å². The van der Waals surface area contributed by atoms with Crippen LogP contribution in [0.2, 0.25) is 0 Å². The van der Waals surface area contributed by atoms with Gasteiger partial charge in [-0.3, -0.25) is 0 Å². The van der Waals surface area contributed by atoms with E-state index in [-0.39, 0.29) is 11.6 Å². The highest BCUT2D eigenvalue weighted by molar-refractivity contribution is 5.96. The minimum absolute atomic E-state index is 0.213. The highest BCUT2D eigenvalue weighted by Gasteiger charge is 2.24. The van der Waals surface area contributed by atoms with Gasteiger partial charge in [-0.2, -0.15) is 0 Å². The lowest BCUT2D eigenvalue weighted by atomic mass is 10.0. The molecule has 1 heterocycles. The predicted molar refractivity (Wildman–Crippen MR) is 165 cm³/mol. The molecule has 0 spiro atoms. The van der Waals surface area contributed by atoms with Gasteiger partial charge in [0.25, 0.3) is 0 Å². The van der Waals surface area contributed by atoms with E-state index in [4.69, 9.17) is 9.47 Å². The van der Waals surface area contributed by atoms with Crippen molar-refractivity contribution >= 4 is 23.8 Å². The first-order valence-electron chi connectivity index (χ1n) is 14.0. The number of benzene rings is 4. The monoisotopic (exact) mass is 561 g/mol. The molecule has 42 heavy (non-hydrogen) atoms. The number of piperazine rings is 1. The lowest BCUT2D eigenvalue weighted by molar-refractivity contribution is 0.0594. The minimum Gasteiger partial charge on any atom is -0.480 e. The van der Waals surface area contributed by atoms with E-state index in [1.807, 2.05) is 78.9 Å². The Bertz CT molecular complexity index is 1480. The van der Waals surface area contributed by atoms with Crippen LogP contribution in [-0.2, 0) is 4.74 Å². The van der Waals surface area contributed by atoms with E-state index in [1.54, 1.807) is 23.1 Å². The molecule has 0 saturated carbocycles. The van der Waals surface area contributed by atoms with Crippen LogP contribution in [0.5, 0.6) is 5.75 Å². The number of methoxy groups -OCH3 is 1. The Kier molecular flexibility index (Phi) is 9.19. The predicted octanol–water partition coefficient (Wildman–Crippen LogP) is 6.85. The third kappa shape index (κ3) is 6.99. The summed E-state index contributed by atoms with van der Waals surface area (Å²) in [6, 6.07) is 34.7. The van der Waals surface area contributed by atoms with Gasteiger partial charge in [-0.1, -0.05) is 91.0 Å². The first kappa shape index (κ1) is 28.5. The van der Waals surface area contributed by atoms with E-state index in [0.717, 1.165) is 29.8 Å². The van der Waals surface area contributed by atoms with Crippen molar-refractivity contribution in [2.75, 3.05) is 38.6 Å². The molecule has 1 aliphatic rings. The van der Waals surface area contributed by atoms with Crippen molar-refractivity contribution in [1.82, 2.24) is 9.80 Å². The number of esters is 1. The third-order valence-corrected chi connectivity index (χ3v) is 7.33. The zero-order chi connectivity index (χ0) is 29.3.